The van der Waals surface area contributed by atoms with Crippen LogP contribution in [0.3, 0.4) is 0 Å². The molecule has 25 heavy (non-hydrogen) atoms. The topological polar surface area (TPSA) is 90.7 Å². The van der Waals surface area contributed by atoms with Crippen molar-refractivity contribution in [1.82, 2.24) is 9.88 Å². The molecule has 134 valence electrons. The van der Waals surface area contributed by atoms with Gasteiger partial charge in [-0.1, -0.05) is 36.2 Å². The maximum atomic E-state index is 9.10. The Morgan fingerprint density at radius 2 is 1.52 bits per heavy atom. The highest BCUT2D eigenvalue weighted by Gasteiger charge is 2.07. The van der Waals surface area contributed by atoms with Crippen LogP contribution in [0.5, 0.6) is 0 Å². The summed E-state index contributed by atoms with van der Waals surface area (Å²) in [7, 11) is 0. The van der Waals surface area contributed by atoms with E-state index in [9.17, 15) is 0 Å². The van der Waals surface area contributed by atoms with Gasteiger partial charge >= 0.3 is 11.9 Å². The molecule has 2 N–H and O–H groups in total. The molecular weight excluding hydrogens is 367 g/mol. The Balaban J connectivity index is 0.000000450. The normalized spacial score (nSPS) is 10.1. The van der Waals surface area contributed by atoms with Crippen LogP contribution in [0, 0.1) is 0 Å². The molecule has 2 rings (SSSR count). The molecule has 0 radical (unpaired) electrons. The predicted molar refractivity (Wildman–Crippen MR) is 95.8 cm³/mol. The third kappa shape index (κ3) is 7.98. The molecule has 1 aromatic carbocycles. The predicted octanol–water partition coefficient (Wildman–Crippen LogP) is 3.57. The van der Waals surface area contributed by atoms with Gasteiger partial charge in [-0.3, -0.25) is 9.88 Å². The van der Waals surface area contributed by atoms with Crippen LogP contribution in [-0.2, 0) is 22.7 Å². The molecule has 0 amide bonds. The van der Waals surface area contributed by atoms with Gasteiger partial charge < -0.3 is 10.2 Å². The van der Waals surface area contributed by atoms with Crippen molar-refractivity contribution in [3.05, 3.63) is 63.9 Å². The fourth-order valence-corrected chi connectivity index (χ4v) is 2.24. The second kappa shape index (κ2) is 10.7. The van der Waals surface area contributed by atoms with Crippen molar-refractivity contribution in [1.29, 1.82) is 0 Å². The molecule has 0 aliphatic heterocycles. The van der Waals surface area contributed by atoms with E-state index < -0.39 is 11.9 Å². The van der Waals surface area contributed by atoms with Gasteiger partial charge in [-0.25, -0.2) is 9.59 Å². The standard InChI is InChI=1S/C15H16Cl2N2.C2H2O4/c1-2-19(10-12-5-7-18-8-6-12)11-13-3-4-14(16)15(17)9-13;3-1(4)2(5)6/h3-9H,2,10-11H2,1H3;(H,3,4)(H,5,6). The Morgan fingerprint density at radius 1 is 0.960 bits per heavy atom. The number of carboxylic acid groups (broad SMARTS) is 2. The molecule has 0 saturated heterocycles. The van der Waals surface area contributed by atoms with Gasteiger partial charge in [-0.15, -0.1) is 0 Å². The van der Waals surface area contributed by atoms with E-state index in [1.165, 1.54) is 11.1 Å². The molecule has 0 fully saturated rings. The second-order valence-electron chi connectivity index (χ2n) is 5.02. The fraction of sp³-hybridized carbons (Fsp3) is 0.235. The highest BCUT2D eigenvalue weighted by Crippen LogP contribution is 2.23. The van der Waals surface area contributed by atoms with Crippen molar-refractivity contribution >= 4 is 35.1 Å². The number of nitrogens with zero attached hydrogens (tertiary/aromatic N) is 2. The van der Waals surface area contributed by atoms with Crippen LogP contribution in [0.4, 0.5) is 0 Å². The van der Waals surface area contributed by atoms with Crippen molar-refractivity contribution in [2.45, 2.75) is 20.0 Å². The Hall–Kier alpha value is -2.15. The Kier molecular flexibility index (Phi) is 8.91. The first kappa shape index (κ1) is 20.9. The number of hydrogen-bond donors (Lipinski definition) is 2. The summed E-state index contributed by atoms with van der Waals surface area (Å²) in [6.07, 6.45) is 3.64. The lowest BCUT2D eigenvalue weighted by Crippen LogP contribution is -2.22. The minimum Gasteiger partial charge on any atom is -0.473 e. The van der Waals surface area contributed by atoms with Gasteiger partial charge in [0, 0.05) is 25.5 Å². The van der Waals surface area contributed by atoms with Crippen LogP contribution in [0.15, 0.2) is 42.7 Å². The van der Waals surface area contributed by atoms with Gasteiger partial charge in [-0.2, -0.15) is 0 Å². The van der Waals surface area contributed by atoms with Crippen molar-refractivity contribution in [3.63, 3.8) is 0 Å². The summed E-state index contributed by atoms with van der Waals surface area (Å²) in [6, 6.07) is 9.87. The van der Waals surface area contributed by atoms with Crippen LogP contribution in [0.2, 0.25) is 10.0 Å². The zero-order valence-electron chi connectivity index (χ0n) is 13.5. The summed E-state index contributed by atoms with van der Waals surface area (Å²) >= 11 is 12.0. The van der Waals surface area contributed by atoms with Crippen molar-refractivity contribution < 1.29 is 19.8 Å². The molecule has 0 bridgehead atoms. The van der Waals surface area contributed by atoms with Crippen LogP contribution < -0.4 is 0 Å². The van der Waals surface area contributed by atoms with E-state index in [-0.39, 0.29) is 0 Å². The van der Waals surface area contributed by atoms with Gasteiger partial charge in [-0.05, 0) is 41.9 Å². The quantitative estimate of drug-likeness (QED) is 0.765. The Morgan fingerprint density at radius 3 is 2.00 bits per heavy atom. The number of carbonyl (C=O) groups is 2. The molecule has 1 aromatic heterocycles. The van der Waals surface area contributed by atoms with Crippen LogP contribution in [0.25, 0.3) is 0 Å². The van der Waals surface area contributed by atoms with Crippen molar-refractivity contribution in [2.75, 3.05) is 6.54 Å². The lowest BCUT2D eigenvalue weighted by molar-refractivity contribution is -0.159. The maximum absolute atomic E-state index is 9.10. The average Bonchev–Trinajstić information content (AvgIpc) is 2.59. The largest absolute Gasteiger partial charge is 0.473 e. The smallest absolute Gasteiger partial charge is 0.414 e. The molecule has 0 unspecified atom stereocenters. The molecular formula is C17H18Cl2N2O4. The third-order valence-corrected chi connectivity index (χ3v) is 3.91. The zero-order valence-corrected chi connectivity index (χ0v) is 15.0. The van der Waals surface area contributed by atoms with Gasteiger partial charge in [0.05, 0.1) is 10.0 Å². The maximum Gasteiger partial charge on any atom is 0.414 e. The van der Waals surface area contributed by atoms with Gasteiger partial charge in [0.15, 0.2) is 0 Å². The van der Waals surface area contributed by atoms with Gasteiger partial charge in [0.25, 0.3) is 0 Å². The van der Waals surface area contributed by atoms with E-state index in [0.717, 1.165) is 19.6 Å². The number of hydrogen-bond acceptors (Lipinski definition) is 4. The SMILES string of the molecule is CCN(Cc1ccncc1)Cc1ccc(Cl)c(Cl)c1.O=C(O)C(=O)O. The van der Waals surface area contributed by atoms with Gasteiger partial charge in [0.2, 0.25) is 0 Å². The monoisotopic (exact) mass is 384 g/mol. The van der Waals surface area contributed by atoms with E-state index in [1.54, 1.807) is 0 Å². The first-order valence-corrected chi connectivity index (χ1v) is 8.10. The number of benzene rings is 1. The highest BCUT2D eigenvalue weighted by atomic mass is 35.5. The first-order valence-electron chi connectivity index (χ1n) is 7.34. The van der Waals surface area contributed by atoms with E-state index in [1.807, 2.05) is 42.7 Å². The zero-order chi connectivity index (χ0) is 18.8. The van der Waals surface area contributed by atoms with E-state index in [4.69, 9.17) is 43.0 Å². The summed E-state index contributed by atoms with van der Waals surface area (Å²) in [6.45, 7) is 4.89. The molecule has 0 atom stereocenters. The number of aromatic nitrogens is 1. The van der Waals surface area contributed by atoms with Gasteiger partial charge in [0.1, 0.15) is 0 Å². The van der Waals surface area contributed by atoms with Crippen molar-refractivity contribution in [2.24, 2.45) is 0 Å². The van der Waals surface area contributed by atoms with Crippen LogP contribution >= 0.6 is 23.2 Å². The average molecular weight is 385 g/mol. The molecule has 0 saturated carbocycles. The summed E-state index contributed by atoms with van der Waals surface area (Å²) in [5.74, 6) is -3.65. The molecule has 8 heteroatoms. The first-order chi connectivity index (χ1) is 11.8. The number of aliphatic carboxylic acids is 2. The highest BCUT2D eigenvalue weighted by molar-refractivity contribution is 6.42. The van der Waals surface area contributed by atoms with E-state index in [2.05, 4.69) is 16.8 Å². The molecule has 6 nitrogen and oxygen atoms in total. The minimum atomic E-state index is -1.82. The summed E-state index contributed by atoms with van der Waals surface area (Å²) in [5, 5.41) is 16.0. The summed E-state index contributed by atoms with van der Waals surface area (Å²) < 4.78 is 0. The fourth-order valence-electron chi connectivity index (χ4n) is 1.92. The Labute approximate surface area is 155 Å². The number of pyridine rings is 1. The molecule has 2 aromatic rings. The van der Waals surface area contributed by atoms with E-state index >= 15 is 0 Å². The minimum absolute atomic E-state index is 0.600. The number of halogens is 2. The van der Waals surface area contributed by atoms with Crippen LogP contribution in [-0.4, -0.2) is 38.6 Å². The van der Waals surface area contributed by atoms with E-state index in [0.29, 0.717) is 10.0 Å². The third-order valence-electron chi connectivity index (χ3n) is 3.18. The molecule has 0 spiro atoms. The molecule has 0 aliphatic rings. The van der Waals surface area contributed by atoms with Crippen LogP contribution in [0.1, 0.15) is 18.1 Å². The molecule has 0 aliphatic carbocycles. The van der Waals surface area contributed by atoms with Crippen molar-refractivity contribution in [3.8, 4) is 0 Å². The number of rotatable bonds is 5. The lowest BCUT2D eigenvalue weighted by atomic mass is 10.2. The summed E-state index contributed by atoms with van der Waals surface area (Å²) in [4.78, 5) is 24.6. The summed E-state index contributed by atoms with van der Waals surface area (Å²) in [5.41, 5.74) is 2.43. The second-order valence-corrected chi connectivity index (χ2v) is 5.83. The lowest BCUT2D eigenvalue weighted by Gasteiger charge is -2.20. The Bertz CT molecular complexity index is 699. The molecule has 1 heterocycles. The number of carboxylic acids is 2.